The van der Waals surface area contributed by atoms with E-state index in [2.05, 4.69) is 28.9 Å². The third-order valence-corrected chi connectivity index (χ3v) is 6.57. The first kappa shape index (κ1) is 18.3. The van der Waals surface area contributed by atoms with Crippen LogP contribution < -0.4 is 4.90 Å². The number of rotatable bonds is 4. The molecule has 1 aromatic heterocycles. The summed E-state index contributed by atoms with van der Waals surface area (Å²) in [7, 11) is 0. The molecular formula is C20H25FN4OS. The SMILES string of the molecule is CC(=O)N1C[C@H]2CN(c3nnc(CC(C)C)s3)C[C@H]2[C@@H]1c1cccc(F)c1. The number of hydrogen-bond donors (Lipinski definition) is 0. The van der Waals surface area contributed by atoms with Gasteiger partial charge >= 0.3 is 0 Å². The number of anilines is 1. The Morgan fingerprint density at radius 2 is 2.11 bits per heavy atom. The molecule has 0 N–H and O–H groups in total. The molecule has 5 nitrogen and oxygen atoms in total. The lowest BCUT2D eigenvalue weighted by molar-refractivity contribution is -0.130. The van der Waals surface area contributed by atoms with Gasteiger partial charge in [-0.15, -0.1) is 10.2 Å². The Bertz CT molecular complexity index is 839. The lowest BCUT2D eigenvalue weighted by atomic mass is 9.89. The van der Waals surface area contributed by atoms with Gasteiger partial charge in [0.2, 0.25) is 11.0 Å². The molecule has 0 aliphatic carbocycles. The average molecular weight is 389 g/mol. The van der Waals surface area contributed by atoms with E-state index in [1.807, 2.05) is 11.0 Å². The molecule has 0 spiro atoms. The van der Waals surface area contributed by atoms with Crippen molar-refractivity contribution in [3.05, 3.63) is 40.7 Å². The van der Waals surface area contributed by atoms with Crippen molar-refractivity contribution in [2.45, 2.75) is 33.2 Å². The summed E-state index contributed by atoms with van der Waals surface area (Å²) in [6, 6.07) is 6.60. The Morgan fingerprint density at radius 1 is 1.30 bits per heavy atom. The number of nitrogens with zero attached hydrogens (tertiary/aromatic N) is 4. The molecule has 144 valence electrons. The molecular weight excluding hydrogens is 363 g/mol. The maximum atomic E-state index is 13.8. The van der Waals surface area contributed by atoms with Crippen molar-refractivity contribution in [3.63, 3.8) is 0 Å². The molecule has 27 heavy (non-hydrogen) atoms. The lowest BCUT2D eigenvalue weighted by Gasteiger charge is -2.29. The molecule has 2 aromatic rings. The van der Waals surface area contributed by atoms with E-state index < -0.39 is 0 Å². The molecule has 2 aliphatic heterocycles. The predicted octanol–water partition coefficient (Wildman–Crippen LogP) is 3.53. The van der Waals surface area contributed by atoms with Gasteiger partial charge in [0.1, 0.15) is 10.8 Å². The Balaban J connectivity index is 1.57. The van der Waals surface area contributed by atoms with Crippen molar-refractivity contribution in [2.24, 2.45) is 17.8 Å². The zero-order valence-electron chi connectivity index (χ0n) is 15.9. The van der Waals surface area contributed by atoms with Crippen molar-refractivity contribution in [1.82, 2.24) is 15.1 Å². The lowest BCUT2D eigenvalue weighted by Crippen LogP contribution is -2.34. The van der Waals surface area contributed by atoms with E-state index in [0.29, 0.717) is 11.8 Å². The highest BCUT2D eigenvalue weighted by Gasteiger charge is 2.49. The van der Waals surface area contributed by atoms with E-state index in [1.54, 1.807) is 30.4 Å². The minimum absolute atomic E-state index is 0.0559. The van der Waals surface area contributed by atoms with Crippen LogP contribution in [0.4, 0.5) is 9.52 Å². The molecule has 2 aliphatic rings. The van der Waals surface area contributed by atoms with E-state index in [0.717, 1.165) is 41.8 Å². The molecule has 4 rings (SSSR count). The summed E-state index contributed by atoms with van der Waals surface area (Å²) in [6.07, 6.45) is 0.947. The molecule has 3 heterocycles. The number of carbonyl (C=O) groups excluding carboxylic acids is 1. The van der Waals surface area contributed by atoms with Crippen molar-refractivity contribution < 1.29 is 9.18 Å². The van der Waals surface area contributed by atoms with Gasteiger partial charge in [-0.1, -0.05) is 37.3 Å². The van der Waals surface area contributed by atoms with Crippen LogP contribution >= 0.6 is 11.3 Å². The summed E-state index contributed by atoms with van der Waals surface area (Å²) >= 11 is 1.67. The summed E-state index contributed by atoms with van der Waals surface area (Å²) in [6.45, 7) is 8.38. The highest BCUT2D eigenvalue weighted by Crippen LogP contribution is 2.46. The van der Waals surface area contributed by atoms with E-state index in [-0.39, 0.29) is 23.7 Å². The number of carbonyl (C=O) groups is 1. The van der Waals surface area contributed by atoms with Gasteiger partial charge in [-0.2, -0.15) is 0 Å². The first-order valence-electron chi connectivity index (χ1n) is 9.52. The summed E-state index contributed by atoms with van der Waals surface area (Å²) in [4.78, 5) is 16.4. The summed E-state index contributed by atoms with van der Waals surface area (Å²) in [5, 5.41) is 10.8. The predicted molar refractivity (Wildman–Crippen MR) is 104 cm³/mol. The first-order valence-corrected chi connectivity index (χ1v) is 10.3. The molecule has 0 radical (unpaired) electrons. The van der Waals surface area contributed by atoms with Gasteiger partial charge in [0, 0.05) is 44.8 Å². The van der Waals surface area contributed by atoms with Crippen LogP contribution in [0.5, 0.6) is 0 Å². The van der Waals surface area contributed by atoms with Crippen LogP contribution in [0.25, 0.3) is 0 Å². The van der Waals surface area contributed by atoms with Crippen LogP contribution in [0.2, 0.25) is 0 Å². The molecule has 0 bridgehead atoms. The third-order valence-electron chi connectivity index (χ3n) is 5.57. The van der Waals surface area contributed by atoms with Crippen molar-refractivity contribution in [3.8, 4) is 0 Å². The maximum absolute atomic E-state index is 13.8. The molecule has 2 fully saturated rings. The fourth-order valence-electron chi connectivity index (χ4n) is 4.45. The normalized spacial score (nSPS) is 24.7. The Labute approximate surface area is 163 Å². The topological polar surface area (TPSA) is 49.3 Å². The maximum Gasteiger partial charge on any atom is 0.219 e. The molecule has 7 heteroatoms. The fraction of sp³-hybridized carbons (Fsp3) is 0.550. The summed E-state index contributed by atoms with van der Waals surface area (Å²) in [5.41, 5.74) is 0.886. The van der Waals surface area contributed by atoms with E-state index in [4.69, 9.17) is 0 Å². The smallest absolute Gasteiger partial charge is 0.219 e. The number of fused-ring (bicyclic) bond motifs is 1. The van der Waals surface area contributed by atoms with Crippen LogP contribution in [0.1, 0.15) is 37.4 Å². The highest BCUT2D eigenvalue weighted by atomic mass is 32.1. The van der Waals surface area contributed by atoms with Gasteiger partial charge in [-0.3, -0.25) is 4.79 Å². The van der Waals surface area contributed by atoms with E-state index >= 15 is 0 Å². The number of hydrogen-bond acceptors (Lipinski definition) is 5. The van der Waals surface area contributed by atoms with Gasteiger partial charge in [0.15, 0.2) is 0 Å². The van der Waals surface area contributed by atoms with Gasteiger partial charge < -0.3 is 9.80 Å². The average Bonchev–Trinajstić information content (AvgIpc) is 3.27. The standard InChI is InChI=1S/C20H25FN4OS/c1-12(2)7-18-22-23-20(27-18)24-9-15-10-25(13(3)26)19(17(15)11-24)14-5-4-6-16(21)8-14/h4-6,8,12,15,17,19H,7,9-11H2,1-3H3/t15-,17-,19+/m1/s1. The van der Waals surface area contributed by atoms with Crippen LogP contribution in [-0.4, -0.2) is 40.6 Å². The fourth-order valence-corrected chi connectivity index (χ4v) is 5.52. The summed E-state index contributed by atoms with van der Waals surface area (Å²) in [5.74, 6) is 1.02. The zero-order chi connectivity index (χ0) is 19.1. The Kier molecular flexibility index (Phi) is 4.88. The number of amides is 1. The van der Waals surface area contributed by atoms with Crippen LogP contribution in [-0.2, 0) is 11.2 Å². The van der Waals surface area contributed by atoms with Crippen LogP contribution in [0, 0.1) is 23.6 Å². The van der Waals surface area contributed by atoms with Gasteiger partial charge in [0.05, 0.1) is 6.04 Å². The van der Waals surface area contributed by atoms with E-state index in [1.165, 1.54) is 6.07 Å². The molecule has 2 saturated heterocycles. The Morgan fingerprint density at radius 3 is 2.81 bits per heavy atom. The monoisotopic (exact) mass is 388 g/mol. The number of halogens is 1. The largest absolute Gasteiger partial charge is 0.346 e. The molecule has 1 aromatic carbocycles. The minimum Gasteiger partial charge on any atom is -0.346 e. The van der Waals surface area contributed by atoms with Gasteiger partial charge in [-0.05, 0) is 23.6 Å². The van der Waals surface area contributed by atoms with Gasteiger partial charge in [0.25, 0.3) is 0 Å². The third kappa shape index (κ3) is 3.57. The Hall–Kier alpha value is -2.02. The van der Waals surface area contributed by atoms with E-state index in [9.17, 15) is 9.18 Å². The van der Waals surface area contributed by atoms with Crippen LogP contribution in [0.3, 0.4) is 0 Å². The summed E-state index contributed by atoms with van der Waals surface area (Å²) < 4.78 is 13.8. The first-order chi connectivity index (χ1) is 12.9. The second kappa shape index (κ2) is 7.19. The van der Waals surface area contributed by atoms with Crippen LogP contribution in [0.15, 0.2) is 24.3 Å². The number of aromatic nitrogens is 2. The molecule has 1 amide bonds. The number of benzene rings is 1. The van der Waals surface area contributed by atoms with Crippen molar-refractivity contribution >= 4 is 22.4 Å². The van der Waals surface area contributed by atoms with Crippen molar-refractivity contribution in [2.75, 3.05) is 24.5 Å². The quantitative estimate of drug-likeness (QED) is 0.804. The second-order valence-electron chi connectivity index (χ2n) is 8.08. The van der Waals surface area contributed by atoms with Gasteiger partial charge in [-0.25, -0.2) is 4.39 Å². The zero-order valence-corrected chi connectivity index (χ0v) is 16.7. The minimum atomic E-state index is -0.253. The molecule has 0 unspecified atom stereocenters. The number of likely N-dealkylation sites (tertiary alicyclic amines) is 1. The molecule has 3 atom stereocenters. The second-order valence-corrected chi connectivity index (χ2v) is 9.12. The highest BCUT2D eigenvalue weighted by molar-refractivity contribution is 7.15. The molecule has 0 saturated carbocycles. The van der Waals surface area contributed by atoms with Crippen molar-refractivity contribution in [1.29, 1.82) is 0 Å².